The second-order valence-corrected chi connectivity index (χ2v) is 10.9. The zero-order chi connectivity index (χ0) is 25.1. The van der Waals surface area contributed by atoms with Crippen molar-refractivity contribution in [1.82, 2.24) is 0 Å². The van der Waals surface area contributed by atoms with Crippen molar-refractivity contribution in [2.45, 2.75) is 108 Å². The highest BCUT2D eigenvalue weighted by molar-refractivity contribution is 7.85. The van der Waals surface area contributed by atoms with Gasteiger partial charge in [0.25, 0.3) is 0 Å². The van der Waals surface area contributed by atoms with Gasteiger partial charge in [0, 0.05) is 6.42 Å². The SMILES string of the molecule is C#CCC1C[NH+](CCCCCCCCCCCCCC)CCO1.Cc1ccc(S(=O)(=O)[O-])cc1.[Br-]. The summed E-state index contributed by atoms with van der Waals surface area (Å²) < 4.78 is 36.9. The molecule has 1 aromatic carbocycles. The van der Waals surface area contributed by atoms with Crippen LogP contribution in [0.15, 0.2) is 29.2 Å². The van der Waals surface area contributed by atoms with E-state index in [0.29, 0.717) is 6.10 Å². The Balaban J connectivity index is 0.000000807. The molecule has 0 spiro atoms. The predicted molar refractivity (Wildman–Crippen MR) is 139 cm³/mol. The van der Waals surface area contributed by atoms with E-state index in [4.69, 9.17) is 11.2 Å². The van der Waals surface area contributed by atoms with Crippen molar-refractivity contribution in [3.8, 4) is 12.3 Å². The van der Waals surface area contributed by atoms with E-state index in [1.54, 1.807) is 17.0 Å². The maximum absolute atomic E-state index is 10.4. The summed E-state index contributed by atoms with van der Waals surface area (Å²) in [6.45, 7) is 8.58. The number of benzene rings is 1. The molecule has 0 bridgehead atoms. The summed E-state index contributed by atoms with van der Waals surface area (Å²) in [5.74, 6) is 2.73. The molecule has 1 fully saturated rings. The Morgan fingerprint density at radius 1 is 0.971 bits per heavy atom. The molecule has 0 amide bonds. The van der Waals surface area contributed by atoms with Crippen LogP contribution >= 0.6 is 0 Å². The third-order valence-corrected chi connectivity index (χ3v) is 7.21. The molecular weight excluding hydrogens is 526 g/mol. The first kappa shape index (κ1) is 34.1. The number of quaternary nitrogens is 1. The minimum atomic E-state index is -4.27. The number of rotatable bonds is 15. The van der Waals surface area contributed by atoms with Crippen LogP contribution in [-0.2, 0) is 14.9 Å². The minimum absolute atomic E-state index is 0. The highest BCUT2D eigenvalue weighted by Crippen LogP contribution is 2.12. The molecule has 0 aromatic heterocycles. The van der Waals surface area contributed by atoms with Gasteiger partial charge in [0.15, 0.2) is 0 Å². The molecule has 1 aliphatic heterocycles. The molecule has 202 valence electrons. The Hall–Kier alpha value is -0.910. The van der Waals surface area contributed by atoms with Gasteiger partial charge < -0.3 is 31.2 Å². The topological polar surface area (TPSA) is 70.9 Å². The van der Waals surface area contributed by atoms with E-state index >= 15 is 0 Å². The predicted octanol–water partition coefficient (Wildman–Crippen LogP) is 1.90. The van der Waals surface area contributed by atoms with E-state index in [9.17, 15) is 13.0 Å². The fourth-order valence-electron chi connectivity index (χ4n) is 4.26. The average molecular weight is 574 g/mol. The number of hydrogen-bond donors (Lipinski definition) is 1. The Morgan fingerprint density at radius 2 is 1.49 bits per heavy atom. The maximum Gasteiger partial charge on any atom is 0.124 e. The first-order chi connectivity index (χ1) is 16.4. The number of nitrogens with one attached hydrogen (secondary N) is 1. The van der Waals surface area contributed by atoms with Gasteiger partial charge in [-0.25, -0.2) is 8.42 Å². The molecule has 35 heavy (non-hydrogen) atoms. The highest BCUT2D eigenvalue weighted by Gasteiger charge is 2.22. The molecule has 5 nitrogen and oxygen atoms in total. The summed E-state index contributed by atoms with van der Waals surface area (Å²) >= 11 is 0. The van der Waals surface area contributed by atoms with Crippen molar-refractivity contribution in [2.24, 2.45) is 0 Å². The minimum Gasteiger partial charge on any atom is -1.00 e. The lowest BCUT2D eigenvalue weighted by Gasteiger charge is -2.29. The highest BCUT2D eigenvalue weighted by atomic mass is 79.9. The van der Waals surface area contributed by atoms with E-state index < -0.39 is 10.1 Å². The van der Waals surface area contributed by atoms with E-state index in [-0.39, 0.29) is 21.9 Å². The monoisotopic (exact) mass is 572 g/mol. The molecule has 1 aliphatic rings. The summed E-state index contributed by atoms with van der Waals surface area (Å²) in [6, 6.07) is 5.78. The van der Waals surface area contributed by atoms with E-state index in [0.717, 1.165) is 25.1 Å². The first-order valence-electron chi connectivity index (χ1n) is 13.3. The van der Waals surface area contributed by atoms with Gasteiger partial charge in [-0.3, -0.25) is 0 Å². The number of morpholine rings is 1. The summed E-state index contributed by atoms with van der Waals surface area (Å²) in [6.07, 6.45) is 23.6. The van der Waals surface area contributed by atoms with Gasteiger partial charge in [-0.1, -0.05) is 88.8 Å². The van der Waals surface area contributed by atoms with Crippen LogP contribution in [0, 0.1) is 19.3 Å². The molecule has 1 aromatic rings. The smallest absolute Gasteiger partial charge is 0.124 e. The Labute approximate surface area is 225 Å². The summed E-state index contributed by atoms with van der Waals surface area (Å²) in [5.41, 5.74) is 0.928. The van der Waals surface area contributed by atoms with Crippen LogP contribution in [0.4, 0.5) is 0 Å². The van der Waals surface area contributed by atoms with Crippen LogP contribution in [0.25, 0.3) is 0 Å². The van der Waals surface area contributed by atoms with Gasteiger partial charge in [0.2, 0.25) is 0 Å². The van der Waals surface area contributed by atoms with Gasteiger partial charge in [-0.05, 0) is 31.9 Å². The largest absolute Gasteiger partial charge is 1.00 e. The van der Waals surface area contributed by atoms with Crippen molar-refractivity contribution in [2.75, 3.05) is 26.2 Å². The van der Waals surface area contributed by atoms with Crippen LogP contribution < -0.4 is 21.9 Å². The van der Waals surface area contributed by atoms with Crippen molar-refractivity contribution < 1.29 is 39.6 Å². The molecule has 7 heteroatoms. The first-order valence-corrected chi connectivity index (χ1v) is 14.7. The number of hydrogen-bond acceptors (Lipinski definition) is 4. The summed E-state index contributed by atoms with van der Waals surface area (Å²) in [5, 5.41) is 0. The quantitative estimate of drug-likeness (QED) is 0.198. The van der Waals surface area contributed by atoms with Crippen molar-refractivity contribution in [3.05, 3.63) is 29.8 Å². The third kappa shape index (κ3) is 18.1. The molecule has 0 saturated carbocycles. The Morgan fingerprint density at radius 3 is 1.97 bits per heavy atom. The fourth-order valence-corrected chi connectivity index (χ4v) is 4.73. The van der Waals surface area contributed by atoms with Crippen LogP contribution in [-0.4, -0.2) is 45.3 Å². The van der Waals surface area contributed by atoms with Crippen molar-refractivity contribution in [1.29, 1.82) is 0 Å². The summed E-state index contributed by atoms with van der Waals surface area (Å²) in [4.78, 5) is 1.52. The maximum atomic E-state index is 10.4. The van der Waals surface area contributed by atoms with E-state index in [1.165, 1.54) is 102 Å². The summed E-state index contributed by atoms with van der Waals surface area (Å²) in [7, 11) is -4.27. The molecule has 1 N–H and O–H groups in total. The van der Waals surface area contributed by atoms with Gasteiger partial charge >= 0.3 is 0 Å². The Kier molecular flexibility index (Phi) is 20.7. The molecule has 1 heterocycles. The second-order valence-electron chi connectivity index (χ2n) is 9.51. The van der Waals surface area contributed by atoms with Crippen LogP contribution in [0.1, 0.15) is 96.0 Å². The van der Waals surface area contributed by atoms with Gasteiger partial charge in [0.05, 0.1) is 18.0 Å². The zero-order valence-electron chi connectivity index (χ0n) is 21.9. The van der Waals surface area contributed by atoms with Gasteiger partial charge in [0.1, 0.15) is 29.3 Å². The van der Waals surface area contributed by atoms with E-state index in [1.807, 2.05) is 6.92 Å². The molecule has 0 radical (unpaired) electrons. The normalized spacial score (nSPS) is 17.5. The standard InChI is InChI=1S/C21H39NO.C7H8O3S.BrH/c1-3-5-6-7-8-9-10-11-12-13-14-15-17-22-18-19-23-21(20-22)16-4-2;1-6-2-4-7(5-3-6)11(8,9)10;/h2,21H,3,5-20H2,1H3;2-5H,1H3,(H,8,9,10);1H/p-1. The number of unbranched alkanes of at least 4 members (excludes halogenated alkanes) is 11. The lowest BCUT2D eigenvalue weighted by molar-refractivity contribution is -0.912. The third-order valence-electron chi connectivity index (χ3n) is 6.36. The van der Waals surface area contributed by atoms with Crippen LogP contribution in [0.5, 0.6) is 0 Å². The van der Waals surface area contributed by atoms with Crippen molar-refractivity contribution in [3.63, 3.8) is 0 Å². The number of terminal acetylenes is 1. The molecule has 1 saturated heterocycles. The number of aryl methyl sites for hydroxylation is 1. The van der Waals surface area contributed by atoms with Crippen molar-refractivity contribution >= 4 is 10.1 Å². The lowest BCUT2D eigenvalue weighted by atomic mass is 10.1. The van der Waals surface area contributed by atoms with Crippen LogP contribution in [0.2, 0.25) is 0 Å². The number of ether oxygens (including phenoxy) is 1. The molecular formula is C28H47BrNO4S-. The average Bonchev–Trinajstić information content (AvgIpc) is 2.80. The molecule has 2 atom stereocenters. The van der Waals surface area contributed by atoms with Gasteiger partial charge in [-0.15, -0.1) is 12.3 Å². The van der Waals surface area contributed by atoms with E-state index in [2.05, 4.69) is 12.8 Å². The zero-order valence-corrected chi connectivity index (χ0v) is 24.3. The number of halogens is 1. The second kappa shape index (κ2) is 21.2. The molecule has 2 unspecified atom stereocenters. The molecule has 2 rings (SSSR count). The fraction of sp³-hybridized carbons (Fsp3) is 0.714. The molecule has 0 aliphatic carbocycles. The van der Waals surface area contributed by atoms with Crippen LogP contribution in [0.3, 0.4) is 0 Å². The Bertz CT molecular complexity index is 777. The van der Waals surface area contributed by atoms with Gasteiger partial charge in [-0.2, -0.15) is 0 Å². The lowest BCUT2D eigenvalue weighted by Crippen LogP contribution is -3.14.